The smallest absolute Gasteiger partial charge is 0.146 e. The Balaban J connectivity index is 2.87. The Kier molecular flexibility index (Phi) is 3.72. The summed E-state index contributed by atoms with van der Waals surface area (Å²) in [6.45, 7) is 4.57. The van der Waals surface area contributed by atoms with Crippen molar-refractivity contribution >= 4 is 0 Å². The van der Waals surface area contributed by atoms with E-state index in [0.29, 0.717) is 6.61 Å². The third-order valence-electron chi connectivity index (χ3n) is 2.45. The third kappa shape index (κ3) is 1.99. The fraction of sp³-hybridized carbons (Fsp3) is 0.636. The summed E-state index contributed by atoms with van der Waals surface area (Å²) in [7, 11) is 3.33. The maximum atomic E-state index is 5.49. The van der Waals surface area contributed by atoms with E-state index in [4.69, 9.17) is 14.2 Å². The van der Waals surface area contributed by atoms with Crippen molar-refractivity contribution in [3.05, 3.63) is 24.0 Å². The number of rotatable bonds is 4. The second-order valence-corrected chi connectivity index (χ2v) is 3.36. The first-order valence-corrected chi connectivity index (χ1v) is 4.78. The summed E-state index contributed by atoms with van der Waals surface area (Å²) in [6.07, 6.45) is 5.66. The Morgan fingerprint density at radius 1 is 1.43 bits per heavy atom. The van der Waals surface area contributed by atoms with Crippen LogP contribution in [0.5, 0.6) is 0 Å². The van der Waals surface area contributed by atoms with Gasteiger partial charge in [0.2, 0.25) is 0 Å². The normalized spacial score (nSPS) is 31.4. The Morgan fingerprint density at radius 2 is 2.14 bits per heavy atom. The van der Waals surface area contributed by atoms with Gasteiger partial charge in [0.1, 0.15) is 17.5 Å². The van der Waals surface area contributed by atoms with Crippen molar-refractivity contribution in [2.45, 2.75) is 25.6 Å². The fourth-order valence-electron chi connectivity index (χ4n) is 1.61. The molecule has 0 heterocycles. The minimum absolute atomic E-state index is 0.169. The Morgan fingerprint density at radius 3 is 2.64 bits per heavy atom. The lowest BCUT2D eigenvalue weighted by atomic mass is 9.92. The van der Waals surface area contributed by atoms with Gasteiger partial charge in [-0.3, -0.25) is 0 Å². The molecule has 0 aromatic rings. The molecule has 0 fully saturated rings. The van der Waals surface area contributed by atoms with Crippen molar-refractivity contribution in [2.75, 3.05) is 20.8 Å². The van der Waals surface area contributed by atoms with Crippen molar-refractivity contribution in [1.82, 2.24) is 0 Å². The van der Waals surface area contributed by atoms with Gasteiger partial charge >= 0.3 is 0 Å². The number of methoxy groups -OCH3 is 2. The van der Waals surface area contributed by atoms with E-state index in [2.05, 4.69) is 0 Å². The largest absolute Gasteiger partial charge is 0.495 e. The van der Waals surface area contributed by atoms with Gasteiger partial charge in [0.05, 0.1) is 6.61 Å². The quantitative estimate of drug-likeness (QED) is 0.690. The minimum atomic E-state index is -0.437. The predicted molar refractivity (Wildman–Crippen MR) is 55.1 cm³/mol. The molecule has 3 heteroatoms. The number of hydrogen-bond donors (Lipinski definition) is 0. The summed E-state index contributed by atoms with van der Waals surface area (Å²) >= 11 is 0. The van der Waals surface area contributed by atoms with E-state index < -0.39 is 5.60 Å². The molecule has 0 aliphatic heterocycles. The maximum absolute atomic E-state index is 5.49. The zero-order chi connectivity index (χ0) is 10.6. The highest BCUT2D eigenvalue weighted by atomic mass is 16.6. The third-order valence-corrected chi connectivity index (χ3v) is 2.45. The number of allylic oxidation sites excluding steroid dienone is 2. The van der Waals surface area contributed by atoms with Crippen LogP contribution in [0.1, 0.15) is 13.8 Å². The molecule has 2 unspecified atom stereocenters. The van der Waals surface area contributed by atoms with Crippen LogP contribution < -0.4 is 0 Å². The van der Waals surface area contributed by atoms with Crippen LogP contribution >= 0.6 is 0 Å². The van der Waals surface area contributed by atoms with E-state index in [-0.39, 0.29) is 6.10 Å². The molecule has 80 valence electrons. The molecule has 0 aromatic carbocycles. The Hall–Kier alpha value is -0.800. The first-order chi connectivity index (χ1) is 6.68. The summed E-state index contributed by atoms with van der Waals surface area (Å²) in [4.78, 5) is 0. The molecule has 0 saturated heterocycles. The predicted octanol–water partition coefficient (Wildman–Crippen LogP) is 1.90. The first-order valence-electron chi connectivity index (χ1n) is 4.78. The van der Waals surface area contributed by atoms with E-state index >= 15 is 0 Å². The fourth-order valence-corrected chi connectivity index (χ4v) is 1.61. The SMILES string of the molecule is CCOC1=CC=CC(C)(OC)C1OC. The van der Waals surface area contributed by atoms with Crippen LogP contribution in [0.3, 0.4) is 0 Å². The Labute approximate surface area is 85.3 Å². The molecular weight excluding hydrogens is 180 g/mol. The van der Waals surface area contributed by atoms with Crippen molar-refractivity contribution in [1.29, 1.82) is 0 Å². The van der Waals surface area contributed by atoms with Gasteiger partial charge in [-0.25, -0.2) is 0 Å². The second kappa shape index (κ2) is 4.62. The van der Waals surface area contributed by atoms with Gasteiger partial charge < -0.3 is 14.2 Å². The van der Waals surface area contributed by atoms with Gasteiger partial charge in [-0.05, 0) is 26.0 Å². The molecule has 0 spiro atoms. The summed E-state index contributed by atoms with van der Waals surface area (Å²) in [5.41, 5.74) is -0.437. The lowest BCUT2D eigenvalue weighted by molar-refractivity contribution is -0.0809. The van der Waals surface area contributed by atoms with Crippen LogP contribution in [0, 0.1) is 0 Å². The molecular formula is C11H18O3. The average Bonchev–Trinajstić information content (AvgIpc) is 2.19. The summed E-state index contributed by atoms with van der Waals surface area (Å²) < 4.78 is 16.3. The van der Waals surface area contributed by atoms with E-state index in [1.165, 1.54) is 0 Å². The van der Waals surface area contributed by atoms with E-state index in [9.17, 15) is 0 Å². The highest BCUT2D eigenvalue weighted by Crippen LogP contribution is 2.29. The molecule has 0 saturated carbocycles. The van der Waals surface area contributed by atoms with Crippen molar-refractivity contribution in [3.8, 4) is 0 Å². The van der Waals surface area contributed by atoms with E-state index in [1.54, 1.807) is 14.2 Å². The van der Waals surface area contributed by atoms with Gasteiger partial charge in [0.25, 0.3) is 0 Å². The van der Waals surface area contributed by atoms with E-state index in [0.717, 1.165) is 5.76 Å². The van der Waals surface area contributed by atoms with Crippen molar-refractivity contribution < 1.29 is 14.2 Å². The van der Waals surface area contributed by atoms with Crippen molar-refractivity contribution in [2.24, 2.45) is 0 Å². The van der Waals surface area contributed by atoms with Crippen LogP contribution in [-0.2, 0) is 14.2 Å². The lowest BCUT2D eigenvalue weighted by Gasteiger charge is -2.35. The number of ether oxygens (including phenoxy) is 3. The highest BCUT2D eigenvalue weighted by Gasteiger charge is 2.37. The van der Waals surface area contributed by atoms with Gasteiger partial charge in [-0.1, -0.05) is 6.08 Å². The molecule has 14 heavy (non-hydrogen) atoms. The van der Waals surface area contributed by atoms with Crippen molar-refractivity contribution in [3.63, 3.8) is 0 Å². The van der Waals surface area contributed by atoms with Crippen LogP contribution in [-0.4, -0.2) is 32.5 Å². The monoisotopic (exact) mass is 198 g/mol. The van der Waals surface area contributed by atoms with E-state index in [1.807, 2.05) is 32.1 Å². The molecule has 0 N–H and O–H groups in total. The summed E-state index contributed by atoms with van der Waals surface area (Å²) in [5.74, 6) is 0.821. The molecule has 3 nitrogen and oxygen atoms in total. The molecule has 0 aromatic heterocycles. The maximum Gasteiger partial charge on any atom is 0.146 e. The van der Waals surface area contributed by atoms with Crippen LogP contribution in [0.25, 0.3) is 0 Å². The standard InChI is InChI=1S/C11H18O3/c1-5-14-9-7-6-8-11(2,13-4)10(9)12-3/h6-8,10H,5H2,1-4H3. The lowest BCUT2D eigenvalue weighted by Crippen LogP contribution is -2.43. The molecule has 0 radical (unpaired) electrons. The topological polar surface area (TPSA) is 27.7 Å². The molecule has 1 aliphatic rings. The minimum Gasteiger partial charge on any atom is -0.495 e. The van der Waals surface area contributed by atoms with Crippen LogP contribution in [0.2, 0.25) is 0 Å². The van der Waals surface area contributed by atoms with Gasteiger partial charge in [-0.15, -0.1) is 0 Å². The highest BCUT2D eigenvalue weighted by molar-refractivity contribution is 5.26. The molecule has 1 rings (SSSR count). The van der Waals surface area contributed by atoms with Gasteiger partial charge in [0.15, 0.2) is 0 Å². The molecule has 2 atom stereocenters. The zero-order valence-electron chi connectivity index (χ0n) is 9.24. The van der Waals surface area contributed by atoms with Crippen LogP contribution in [0.4, 0.5) is 0 Å². The molecule has 0 amide bonds. The Bertz CT molecular complexity index is 245. The van der Waals surface area contributed by atoms with Gasteiger partial charge in [0, 0.05) is 14.2 Å². The molecule has 1 aliphatic carbocycles. The van der Waals surface area contributed by atoms with Crippen LogP contribution in [0.15, 0.2) is 24.0 Å². The van der Waals surface area contributed by atoms with Gasteiger partial charge in [-0.2, -0.15) is 0 Å². The average molecular weight is 198 g/mol. The first kappa shape index (κ1) is 11.3. The second-order valence-electron chi connectivity index (χ2n) is 3.36. The summed E-state index contributed by atoms with van der Waals surface area (Å²) in [5, 5.41) is 0. The zero-order valence-corrected chi connectivity index (χ0v) is 9.24. The molecule has 0 bridgehead atoms. The summed E-state index contributed by atoms with van der Waals surface area (Å²) in [6, 6.07) is 0. The number of hydrogen-bond acceptors (Lipinski definition) is 3.